The average Bonchev–Trinajstić information content (AvgIpc) is 2.76. The molecule has 3 rings (SSSR count). The molecule has 1 aliphatic heterocycles. The van der Waals surface area contributed by atoms with E-state index in [9.17, 15) is 5.11 Å². The second kappa shape index (κ2) is 5.41. The van der Waals surface area contributed by atoms with Gasteiger partial charge in [0.1, 0.15) is 17.1 Å². The predicted octanol–water partition coefficient (Wildman–Crippen LogP) is 3.40. The molecule has 0 saturated heterocycles. The fourth-order valence-corrected chi connectivity index (χ4v) is 2.77. The van der Waals surface area contributed by atoms with Crippen LogP contribution in [0.1, 0.15) is 30.5 Å². The number of para-hydroxylation sites is 1. The highest BCUT2D eigenvalue weighted by atomic mass is 16.5. The fraction of sp³-hybridized carbons (Fsp3) is 0.333. The number of rotatable bonds is 4. The maximum absolute atomic E-state index is 9.28. The molecule has 3 heteroatoms. The van der Waals surface area contributed by atoms with Gasteiger partial charge in [-0.2, -0.15) is 0 Å². The summed E-state index contributed by atoms with van der Waals surface area (Å²) in [5.41, 5.74) is 3.55. The van der Waals surface area contributed by atoms with Crippen molar-refractivity contribution in [3.05, 3.63) is 59.2 Å². The molecule has 3 nitrogen and oxygen atoms in total. The first-order chi connectivity index (χ1) is 10.0. The molecule has 0 saturated carbocycles. The molecule has 0 fully saturated rings. The largest absolute Gasteiger partial charge is 0.508 e. The summed E-state index contributed by atoms with van der Waals surface area (Å²) in [5, 5.41) is 12.7. The normalized spacial score (nSPS) is 15.5. The van der Waals surface area contributed by atoms with E-state index in [1.807, 2.05) is 12.1 Å². The SMILES string of the molecule is CC1(C)Cc2cccc(CNCc3ccc(O)cc3)c2O1. The monoisotopic (exact) mass is 283 g/mol. The van der Waals surface area contributed by atoms with Gasteiger partial charge in [-0.1, -0.05) is 30.3 Å². The zero-order valence-electron chi connectivity index (χ0n) is 12.5. The van der Waals surface area contributed by atoms with Crippen molar-refractivity contribution < 1.29 is 9.84 Å². The third-order valence-electron chi connectivity index (χ3n) is 3.75. The van der Waals surface area contributed by atoms with Gasteiger partial charge in [-0.3, -0.25) is 0 Å². The quantitative estimate of drug-likeness (QED) is 0.903. The molecule has 0 aliphatic carbocycles. The van der Waals surface area contributed by atoms with Crippen molar-refractivity contribution in [2.45, 2.75) is 39.0 Å². The highest BCUT2D eigenvalue weighted by molar-refractivity contribution is 5.45. The number of aromatic hydroxyl groups is 1. The van der Waals surface area contributed by atoms with Crippen molar-refractivity contribution in [1.82, 2.24) is 5.32 Å². The van der Waals surface area contributed by atoms with E-state index in [0.717, 1.165) is 30.8 Å². The number of benzene rings is 2. The van der Waals surface area contributed by atoms with Crippen LogP contribution in [-0.2, 0) is 19.5 Å². The number of hydrogen-bond donors (Lipinski definition) is 2. The van der Waals surface area contributed by atoms with Crippen LogP contribution >= 0.6 is 0 Å². The molecule has 2 aromatic rings. The van der Waals surface area contributed by atoms with Crippen LogP contribution in [0.5, 0.6) is 11.5 Å². The van der Waals surface area contributed by atoms with Crippen LogP contribution in [0.4, 0.5) is 0 Å². The van der Waals surface area contributed by atoms with Crippen molar-refractivity contribution in [3.8, 4) is 11.5 Å². The molecule has 0 atom stereocenters. The summed E-state index contributed by atoms with van der Waals surface area (Å²) in [4.78, 5) is 0. The topological polar surface area (TPSA) is 41.5 Å². The Morgan fingerprint density at radius 3 is 2.62 bits per heavy atom. The van der Waals surface area contributed by atoms with E-state index in [1.165, 1.54) is 11.1 Å². The van der Waals surface area contributed by atoms with Gasteiger partial charge in [0.15, 0.2) is 0 Å². The van der Waals surface area contributed by atoms with E-state index in [-0.39, 0.29) is 5.60 Å². The summed E-state index contributed by atoms with van der Waals surface area (Å²) in [7, 11) is 0. The molecule has 21 heavy (non-hydrogen) atoms. The van der Waals surface area contributed by atoms with Gasteiger partial charge < -0.3 is 15.2 Å². The second-order valence-electron chi connectivity index (χ2n) is 6.21. The smallest absolute Gasteiger partial charge is 0.127 e. The number of hydrogen-bond acceptors (Lipinski definition) is 3. The molecular formula is C18H21NO2. The number of nitrogens with one attached hydrogen (secondary N) is 1. The number of phenols is 1. The molecule has 0 bridgehead atoms. The van der Waals surface area contributed by atoms with E-state index in [2.05, 4.69) is 37.4 Å². The lowest BCUT2D eigenvalue weighted by molar-refractivity contribution is 0.137. The minimum Gasteiger partial charge on any atom is -0.508 e. The first-order valence-corrected chi connectivity index (χ1v) is 7.32. The Hall–Kier alpha value is -2.00. The zero-order chi connectivity index (χ0) is 14.9. The lowest BCUT2D eigenvalue weighted by atomic mass is 10.0. The standard InChI is InChI=1S/C18H21NO2/c1-18(2)10-14-4-3-5-15(17(14)21-18)12-19-11-13-6-8-16(20)9-7-13/h3-9,19-20H,10-12H2,1-2H3. The van der Waals surface area contributed by atoms with Crippen LogP contribution in [0.3, 0.4) is 0 Å². The molecule has 0 unspecified atom stereocenters. The predicted molar refractivity (Wildman–Crippen MR) is 83.5 cm³/mol. The lowest BCUT2D eigenvalue weighted by Crippen LogP contribution is -2.25. The number of fused-ring (bicyclic) bond motifs is 1. The Morgan fingerprint density at radius 2 is 1.86 bits per heavy atom. The maximum Gasteiger partial charge on any atom is 0.127 e. The van der Waals surface area contributed by atoms with Crippen LogP contribution in [0.15, 0.2) is 42.5 Å². The van der Waals surface area contributed by atoms with Gasteiger partial charge in [0, 0.05) is 25.1 Å². The van der Waals surface area contributed by atoms with Crippen molar-refractivity contribution in [1.29, 1.82) is 0 Å². The maximum atomic E-state index is 9.28. The van der Waals surface area contributed by atoms with Crippen molar-refractivity contribution in [3.63, 3.8) is 0 Å². The molecule has 0 amide bonds. The number of ether oxygens (including phenoxy) is 1. The van der Waals surface area contributed by atoms with Crippen LogP contribution < -0.4 is 10.1 Å². The molecule has 2 N–H and O–H groups in total. The molecule has 110 valence electrons. The van der Waals surface area contributed by atoms with Crippen molar-refractivity contribution in [2.24, 2.45) is 0 Å². The minimum absolute atomic E-state index is 0.102. The molecule has 1 heterocycles. The first kappa shape index (κ1) is 14.0. The highest BCUT2D eigenvalue weighted by Gasteiger charge is 2.31. The summed E-state index contributed by atoms with van der Waals surface area (Å²) in [6.07, 6.45) is 0.966. The Morgan fingerprint density at radius 1 is 1.10 bits per heavy atom. The zero-order valence-corrected chi connectivity index (χ0v) is 12.5. The second-order valence-corrected chi connectivity index (χ2v) is 6.21. The summed E-state index contributed by atoms with van der Waals surface area (Å²) < 4.78 is 6.07. The molecule has 1 aliphatic rings. The molecule has 0 aromatic heterocycles. The summed E-state index contributed by atoms with van der Waals surface area (Å²) in [6.45, 7) is 5.80. The van der Waals surface area contributed by atoms with Crippen LogP contribution in [0.25, 0.3) is 0 Å². The van der Waals surface area contributed by atoms with E-state index in [0.29, 0.717) is 5.75 Å². The Balaban J connectivity index is 1.64. The van der Waals surface area contributed by atoms with Gasteiger partial charge in [-0.25, -0.2) is 0 Å². The van der Waals surface area contributed by atoms with E-state index in [4.69, 9.17) is 4.74 Å². The Labute approximate surface area is 125 Å². The Bertz CT molecular complexity index is 632. The van der Waals surface area contributed by atoms with Gasteiger partial charge in [0.05, 0.1) is 0 Å². The Kier molecular flexibility index (Phi) is 3.60. The van der Waals surface area contributed by atoms with E-state index in [1.54, 1.807) is 12.1 Å². The van der Waals surface area contributed by atoms with E-state index >= 15 is 0 Å². The number of phenolic OH excluding ortho intramolecular Hbond substituents is 1. The first-order valence-electron chi connectivity index (χ1n) is 7.32. The summed E-state index contributed by atoms with van der Waals surface area (Å²) in [6, 6.07) is 13.6. The van der Waals surface area contributed by atoms with Gasteiger partial charge in [-0.05, 0) is 37.1 Å². The molecule has 0 spiro atoms. The third-order valence-corrected chi connectivity index (χ3v) is 3.75. The average molecular weight is 283 g/mol. The molecular weight excluding hydrogens is 262 g/mol. The van der Waals surface area contributed by atoms with Gasteiger partial charge in [0.25, 0.3) is 0 Å². The van der Waals surface area contributed by atoms with Gasteiger partial charge in [0.2, 0.25) is 0 Å². The minimum atomic E-state index is -0.102. The summed E-state index contributed by atoms with van der Waals surface area (Å²) in [5.74, 6) is 1.34. The van der Waals surface area contributed by atoms with Crippen LogP contribution in [0.2, 0.25) is 0 Å². The molecule has 2 aromatic carbocycles. The van der Waals surface area contributed by atoms with Gasteiger partial charge >= 0.3 is 0 Å². The van der Waals surface area contributed by atoms with Crippen molar-refractivity contribution >= 4 is 0 Å². The van der Waals surface area contributed by atoms with Crippen LogP contribution in [0, 0.1) is 0 Å². The van der Waals surface area contributed by atoms with E-state index < -0.39 is 0 Å². The highest BCUT2D eigenvalue weighted by Crippen LogP contribution is 2.37. The fourth-order valence-electron chi connectivity index (χ4n) is 2.77. The molecule has 0 radical (unpaired) electrons. The summed E-state index contributed by atoms with van der Waals surface area (Å²) >= 11 is 0. The van der Waals surface area contributed by atoms with Gasteiger partial charge in [-0.15, -0.1) is 0 Å². The lowest BCUT2D eigenvalue weighted by Gasteiger charge is -2.18. The van der Waals surface area contributed by atoms with Crippen LogP contribution in [-0.4, -0.2) is 10.7 Å². The third kappa shape index (κ3) is 3.19. The van der Waals surface area contributed by atoms with Crippen molar-refractivity contribution in [2.75, 3.05) is 0 Å².